The molecule has 0 spiro atoms. The second-order valence-corrected chi connectivity index (χ2v) is 6.45. The van der Waals surface area contributed by atoms with Crippen LogP contribution >= 0.6 is 24.8 Å². The Bertz CT molecular complexity index is 322. The minimum Gasteiger partial charge on any atom is -0.344 e. The molecule has 4 nitrogen and oxygen atoms in total. The minimum absolute atomic E-state index is 0. The number of hydrogen-bond donors (Lipinski definition) is 1. The SMILES string of the molecule is CCN1CCCC1CN(C)C(=O)C1(C)CCCNC1.Cl.Cl. The zero-order chi connectivity index (χ0) is 13.9. The molecule has 2 fully saturated rings. The Kier molecular flexibility index (Phi) is 9.17. The zero-order valence-electron chi connectivity index (χ0n) is 13.6. The van der Waals surface area contributed by atoms with Gasteiger partial charge in [-0.1, -0.05) is 6.92 Å². The Morgan fingerprint density at radius 3 is 2.67 bits per heavy atom. The predicted octanol–water partition coefficient (Wildman–Crippen LogP) is 2.16. The van der Waals surface area contributed by atoms with Crippen molar-refractivity contribution in [1.29, 1.82) is 0 Å². The summed E-state index contributed by atoms with van der Waals surface area (Å²) in [5, 5.41) is 3.37. The number of likely N-dealkylation sites (N-methyl/N-ethyl adjacent to an activating group) is 2. The lowest BCUT2D eigenvalue weighted by Gasteiger charge is -2.37. The monoisotopic (exact) mass is 339 g/mol. The molecule has 1 amide bonds. The number of likely N-dealkylation sites (tertiary alicyclic amines) is 1. The zero-order valence-corrected chi connectivity index (χ0v) is 15.2. The number of halogens is 2. The molecule has 0 aromatic rings. The average Bonchev–Trinajstić information content (AvgIpc) is 2.85. The molecule has 6 heteroatoms. The summed E-state index contributed by atoms with van der Waals surface area (Å²) in [6.07, 6.45) is 4.64. The summed E-state index contributed by atoms with van der Waals surface area (Å²) >= 11 is 0. The molecule has 0 saturated carbocycles. The molecular formula is C15H31Cl2N3O. The Balaban J connectivity index is 0.00000200. The maximum absolute atomic E-state index is 12.7. The first-order valence-electron chi connectivity index (χ1n) is 7.77. The Morgan fingerprint density at radius 1 is 1.38 bits per heavy atom. The highest BCUT2D eigenvalue weighted by Gasteiger charge is 2.37. The van der Waals surface area contributed by atoms with Gasteiger partial charge in [-0.3, -0.25) is 9.69 Å². The van der Waals surface area contributed by atoms with Crippen LogP contribution in [0, 0.1) is 5.41 Å². The third-order valence-corrected chi connectivity index (χ3v) is 4.85. The first-order valence-corrected chi connectivity index (χ1v) is 7.77. The Hall–Kier alpha value is -0.0300. The molecule has 2 aliphatic heterocycles. The minimum atomic E-state index is -0.192. The van der Waals surface area contributed by atoms with Gasteiger partial charge in [0, 0.05) is 26.2 Å². The molecule has 1 N–H and O–H groups in total. The molecule has 2 rings (SSSR count). The van der Waals surface area contributed by atoms with Crippen molar-refractivity contribution in [3.05, 3.63) is 0 Å². The van der Waals surface area contributed by atoms with E-state index < -0.39 is 0 Å². The third kappa shape index (κ3) is 4.98. The second kappa shape index (κ2) is 9.19. The van der Waals surface area contributed by atoms with Gasteiger partial charge < -0.3 is 10.2 Å². The van der Waals surface area contributed by atoms with Crippen LogP contribution in [0.15, 0.2) is 0 Å². The number of amides is 1. The van der Waals surface area contributed by atoms with E-state index in [1.165, 1.54) is 19.4 Å². The van der Waals surface area contributed by atoms with Crippen molar-refractivity contribution in [2.24, 2.45) is 5.41 Å². The number of piperidine rings is 1. The number of carbonyl (C=O) groups excluding carboxylic acids is 1. The number of nitrogens with one attached hydrogen (secondary N) is 1. The molecule has 0 radical (unpaired) electrons. The third-order valence-electron chi connectivity index (χ3n) is 4.85. The number of rotatable bonds is 4. The standard InChI is InChI=1S/C15H29N3O.2ClH/c1-4-18-10-5-7-13(18)11-17(3)14(19)15(2)8-6-9-16-12-15;;/h13,16H,4-12H2,1-3H3;2*1H. The van der Waals surface area contributed by atoms with E-state index in [4.69, 9.17) is 0 Å². The summed E-state index contributed by atoms with van der Waals surface area (Å²) in [7, 11) is 1.98. The normalized spacial score (nSPS) is 29.4. The van der Waals surface area contributed by atoms with Crippen LogP contribution in [0.5, 0.6) is 0 Å². The van der Waals surface area contributed by atoms with Crippen molar-refractivity contribution >= 4 is 30.7 Å². The molecule has 0 aromatic heterocycles. The van der Waals surface area contributed by atoms with Crippen LogP contribution in [-0.4, -0.2) is 61.5 Å². The van der Waals surface area contributed by atoms with Gasteiger partial charge in [0.05, 0.1) is 5.41 Å². The van der Waals surface area contributed by atoms with Gasteiger partial charge in [-0.05, 0) is 52.2 Å². The number of carbonyl (C=O) groups is 1. The Morgan fingerprint density at radius 2 is 2.10 bits per heavy atom. The van der Waals surface area contributed by atoms with Crippen molar-refractivity contribution < 1.29 is 4.79 Å². The molecule has 0 aliphatic carbocycles. The van der Waals surface area contributed by atoms with E-state index in [2.05, 4.69) is 24.1 Å². The summed E-state index contributed by atoms with van der Waals surface area (Å²) in [6, 6.07) is 0.569. The lowest BCUT2D eigenvalue weighted by atomic mass is 9.81. The van der Waals surface area contributed by atoms with Gasteiger partial charge in [-0.2, -0.15) is 0 Å². The van der Waals surface area contributed by atoms with E-state index in [0.717, 1.165) is 39.0 Å². The number of hydrogen-bond acceptors (Lipinski definition) is 3. The van der Waals surface area contributed by atoms with E-state index in [-0.39, 0.29) is 30.2 Å². The number of nitrogens with zero attached hydrogens (tertiary/aromatic N) is 2. The Labute approximate surface area is 141 Å². The van der Waals surface area contributed by atoms with Crippen LogP contribution in [0.1, 0.15) is 39.5 Å². The predicted molar refractivity (Wildman–Crippen MR) is 92.6 cm³/mol. The maximum atomic E-state index is 12.7. The summed E-state index contributed by atoms with van der Waals surface area (Å²) in [5.74, 6) is 0.322. The lowest BCUT2D eigenvalue weighted by Crippen LogP contribution is -2.51. The fourth-order valence-electron chi connectivity index (χ4n) is 3.62. The fraction of sp³-hybridized carbons (Fsp3) is 0.933. The molecular weight excluding hydrogens is 309 g/mol. The van der Waals surface area contributed by atoms with Crippen LogP contribution < -0.4 is 5.32 Å². The van der Waals surface area contributed by atoms with Crippen LogP contribution in [0.2, 0.25) is 0 Å². The molecule has 2 saturated heterocycles. The molecule has 21 heavy (non-hydrogen) atoms. The highest BCUT2D eigenvalue weighted by Crippen LogP contribution is 2.28. The molecule has 126 valence electrons. The molecule has 2 unspecified atom stereocenters. The summed E-state index contributed by atoms with van der Waals surface area (Å²) < 4.78 is 0. The summed E-state index contributed by atoms with van der Waals surface area (Å²) in [4.78, 5) is 17.2. The van der Waals surface area contributed by atoms with E-state index in [9.17, 15) is 4.79 Å². The van der Waals surface area contributed by atoms with Gasteiger partial charge in [0.25, 0.3) is 0 Å². The second-order valence-electron chi connectivity index (χ2n) is 6.45. The quantitative estimate of drug-likeness (QED) is 0.852. The lowest BCUT2D eigenvalue weighted by molar-refractivity contribution is -0.141. The van der Waals surface area contributed by atoms with Crippen molar-refractivity contribution in [3.63, 3.8) is 0 Å². The van der Waals surface area contributed by atoms with Crippen molar-refractivity contribution in [1.82, 2.24) is 15.1 Å². The highest BCUT2D eigenvalue weighted by atomic mass is 35.5. The maximum Gasteiger partial charge on any atom is 0.229 e. The van der Waals surface area contributed by atoms with Gasteiger partial charge in [-0.15, -0.1) is 24.8 Å². The average molecular weight is 340 g/mol. The van der Waals surface area contributed by atoms with Crippen molar-refractivity contribution in [2.45, 2.75) is 45.6 Å². The van der Waals surface area contributed by atoms with Gasteiger partial charge >= 0.3 is 0 Å². The molecule has 2 aliphatic rings. The largest absolute Gasteiger partial charge is 0.344 e. The van der Waals surface area contributed by atoms with Crippen molar-refractivity contribution in [2.75, 3.05) is 39.8 Å². The van der Waals surface area contributed by atoms with E-state index in [1.54, 1.807) is 0 Å². The van der Waals surface area contributed by atoms with Crippen LogP contribution in [-0.2, 0) is 4.79 Å². The van der Waals surface area contributed by atoms with Gasteiger partial charge in [0.2, 0.25) is 5.91 Å². The molecule has 2 atom stereocenters. The van der Waals surface area contributed by atoms with E-state index in [1.807, 2.05) is 11.9 Å². The molecule has 0 bridgehead atoms. The van der Waals surface area contributed by atoms with Crippen LogP contribution in [0.4, 0.5) is 0 Å². The fourth-order valence-corrected chi connectivity index (χ4v) is 3.62. The van der Waals surface area contributed by atoms with Crippen LogP contribution in [0.3, 0.4) is 0 Å². The van der Waals surface area contributed by atoms with Gasteiger partial charge in [0.1, 0.15) is 0 Å². The first kappa shape index (κ1) is 21.0. The highest BCUT2D eigenvalue weighted by molar-refractivity contribution is 5.85. The molecule has 0 aromatic carbocycles. The summed E-state index contributed by atoms with van der Waals surface area (Å²) in [5.41, 5.74) is -0.192. The summed E-state index contributed by atoms with van der Waals surface area (Å²) in [6.45, 7) is 9.41. The van der Waals surface area contributed by atoms with Gasteiger partial charge in [0.15, 0.2) is 0 Å². The first-order chi connectivity index (χ1) is 9.07. The van der Waals surface area contributed by atoms with Gasteiger partial charge in [-0.25, -0.2) is 0 Å². The molecule has 2 heterocycles. The van der Waals surface area contributed by atoms with E-state index >= 15 is 0 Å². The topological polar surface area (TPSA) is 35.6 Å². The van der Waals surface area contributed by atoms with Crippen LogP contribution in [0.25, 0.3) is 0 Å². The van der Waals surface area contributed by atoms with Crippen molar-refractivity contribution in [3.8, 4) is 0 Å². The van der Waals surface area contributed by atoms with E-state index in [0.29, 0.717) is 11.9 Å². The smallest absolute Gasteiger partial charge is 0.229 e.